The highest BCUT2D eigenvalue weighted by atomic mass is 19.1. The molecule has 2 aliphatic rings. The summed E-state index contributed by atoms with van der Waals surface area (Å²) in [7, 11) is 0. The molecule has 2 aliphatic heterocycles. The highest BCUT2D eigenvalue weighted by Crippen LogP contribution is 2.29. The van der Waals surface area contributed by atoms with Crippen LogP contribution >= 0.6 is 0 Å². The Labute approximate surface area is 135 Å². The molecule has 2 saturated heterocycles. The second-order valence-electron chi connectivity index (χ2n) is 6.55. The lowest BCUT2D eigenvalue weighted by Crippen LogP contribution is -2.42. The third-order valence-corrected chi connectivity index (χ3v) is 5.22. The molecule has 3 heterocycles. The Morgan fingerprint density at radius 3 is 2.52 bits per heavy atom. The fourth-order valence-corrected chi connectivity index (χ4v) is 3.88. The second kappa shape index (κ2) is 6.28. The van der Waals surface area contributed by atoms with Crippen molar-refractivity contribution in [3.8, 4) is 0 Å². The van der Waals surface area contributed by atoms with E-state index in [4.69, 9.17) is 0 Å². The van der Waals surface area contributed by atoms with Gasteiger partial charge in [0.15, 0.2) is 0 Å². The van der Waals surface area contributed by atoms with Gasteiger partial charge in [0, 0.05) is 30.7 Å². The molecule has 0 saturated carbocycles. The summed E-state index contributed by atoms with van der Waals surface area (Å²) in [5.74, 6) is 1.38. The average molecular weight is 315 g/mol. The van der Waals surface area contributed by atoms with Gasteiger partial charge < -0.3 is 4.90 Å². The van der Waals surface area contributed by atoms with E-state index in [1.165, 1.54) is 6.42 Å². The van der Waals surface area contributed by atoms with Crippen LogP contribution in [-0.2, 0) is 0 Å². The molecule has 122 valence electrons. The molecule has 1 N–H and O–H groups in total. The van der Waals surface area contributed by atoms with Crippen LogP contribution in [0.3, 0.4) is 0 Å². The normalized spacial score (nSPS) is 23.5. The van der Waals surface area contributed by atoms with Crippen LogP contribution in [0.25, 0.3) is 0 Å². The third kappa shape index (κ3) is 3.08. The first-order valence-electron chi connectivity index (χ1n) is 8.39. The minimum atomic E-state index is -0.168. The molecule has 6 heteroatoms. The van der Waals surface area contributed by atoms with E-state index in [0.29, 0.717) is 12.0 Å². The molecule has 23 heavy (non-hydrogen) atoms. The van der Waals surface area contributed by atoms with E-state index in [1.807, 2.05) is 12.1 Å². The predicted octanol–water partition coefficient (Wildman–Crippen LogP) is 2.40. The summed E-state index contributed by atoms with van der Waals surface area (Å²) in [6, 6.07) is 7.47. The molecule has 0 radical (unpaired) electrons. The molecule has 2 aromatic rings. The van der Waals surface area contributed by atoms with Crippen molar-refractivity contribution >= 4 is 5.69 Å². The first-order chi connectivity index (χ1) is 11.3. The minimum Gasteiger partial charge on any atom is -0.370 e. The molecule has 1 atom stereocenters. The summed E-state index contributed by atoms with van der Waals surface area (Å²) in [4.78, 5) is 9.27. The van der Waals surface area contributed by atoms with Crippen molar-refractivity contribution in [3.05, 3.63) is 42.2 Å². The fourth-order valence-electron chi connectivity index (χ4n) is 3.88. The van der Waals surface area contributed by atoms with Gasteiger partial charge in [-0.25, -0.2) is 9.37 Å². The standard InChI is InChI=1S/C17H22FN5/c18-14-1-3-15(4-2-14)23-10-7-16(11-23)22-8-5-13(6-9-22)17-19-12-20-21-17/h1-4,12-13,16H,5-11H2,(H,19,20,21). The lowest BCUT2D eigenvalue weighted by atomic mass is 9.95. The monoisotopic (exact) mass is 315 g/mol. The van der Waals surface area contributed by atoms with Gasteiger partial charge in [-0.1, -0.05) is 0 Å². The maximum atomic E-state index is 13.1. The Morgan fingerprint density at radius 1 is 1.04 bits per heavy atom. The molecule has 1 unspecified atom stereocenters. The van der Waals surface area contributed by atoms with Crippen LogP contribution in [0.5, 0.6) is 0 Å². The number of nitrogens with zero attached hydrogens (tertiary/aromatic N) is 4. The van der Waals surface area contributed by atoms with E-state index >= 15 is 0 Å². The van der Waals surface area contributed by atoms with Gasteiger partial charge in [-0.15, -0.1) is 0 Å². The van der Waals surface area contributed by atoms with Crippen LogP contribution in [0.4, 0.5) is 10.1 Å². The molecule has 5 nitrogen and oxygen atoms in total. The summed E-state index contributed by atoms with van der Waals surface area (Å²) in [6.45, 7) is 4.33. The molecule has 2 fully saturated rings. The van der Waals surface area contributed by atoms with Gasteiger partial charge in [0.05, 0.1) is 0 Å². The van der Waals surface area contributed by atoms with Crippen molar-refractivity contribution in [1.29, 1.82) is 0 Å². The smallest absolute Gasteiger partial charge is 0.137 e. The van der Waals surface area contributed by atoms with Gasteiger partial charge in [0.25, 0.3) is 0 Å². The molecular weight excluding hydrogens is 293 g/mol. The fraction of sp³-hybridized carbons (Fsp3) is 0.529. The lowest BCUT2D eigenvalue weighted by molar-refractivity contribution is 0.160. The number of benzene rings is 1. The van der Waals surface area contributed by atoms with Crippen LogP contribution in [0.1, 0.15) is 31.0 Å². The predicted molar refractivity (Wildman–Crippen MR) is 86.9 cm³/mol. The Balaban J connectivity index is 1.33. The Hall–Kier alpha value is -1.95. The number of nitrogens with one attached hydrogen (secondary N) is 1. The molecule has 0 amide bonds. The molecule has 1 aromatic carbocycles. The molecule has 1 aromatic heterocycles. The van der Waals surface area contributed by atoms with Gasteiger partial charge in [-0.2, -0.15) is 5.10 Å². The Bertz CT molecular complexity index is 619. The van der Waals surface area contributed by atoms with Gasteiger partial charge >= 0.3 is 0 Å². The zero-order valence-corrected chi connectivity index (χ0v) is 13.2. The highest BCUT2D eigenvalue weighted by Gasteiger charge is 2.31. The number of aromatic nitrogens is 3. The van der Waals surface area contributed by atoms with E-state index in [1.54, 1.807) is 18.5 Å². The van der Waals surface area contributed by atoms with Gasteiger partial charge in [-0.3, -0.25) is 10.00 Å². The van der Waals surface area contributed by atoms with E-state index in [-0.39, 0.29) is 5.82 Å². The summed E-state index contributed by atoms with van der Waals surface area (Å²) in [5, 5.41) is 6.97. The first-order valence-corrected chi connectivity index (χ1v) is 8.39. The number of hydrogen-bond donors (Lipinski definition) is 1. The average Bonchev–Trinajstić information content (AvgIpc) is 3.28. The van der Waals surface area contributed by atoms with Crippen molar-refractivity contribution in [2.24, 2.45) is 0 Å². The van der Waals surface area contributed by atoms with Crippen molar-refractivity contribution < 1.29 is 4.39 Å². The SMILES string of the molecule is Fc1ccc(N2CCC(N3CCC(c4ncn[nH]4)CC3)C2)cc1. The quantitative estimate of drug-likeness (QED) is 0.945. The molecule has 0 aliphatic carbocycles. The zero-order valence-electron chi connectivity index (χ0n) is 13.2. The van der Waals surface area contributed by atoms with E-state index in [0.717, 1.165) is 50.5 Å². The summed E-state index contributed by atoms with van der Waals surface area (Å²) in [6.07, 6.45) is 5.06. The number of hydrogen-bond acceptors (Lipinski definition) is 4. The Morgan fingerprint density at radius 2 is 1.83 bits per heavy atom. The number of piperidine rings is 1. The van der Waals surface area contributed by atoms with Gasteiger partial charge in [-0.05, 0) is 56.6 Å². The van der Waals surface area contributed by atoms with Crippen molar-refractivity contribution in [1.82, 2.24) is 20.1 Å². The maximum absolute atomic E-state index is 13.1. The summed E-state index contributed by atoms with van der Waals surface area (Å²) in [5.41, 5.74) is 1.13. The third-order valence-electron chi connectivity index (χ3n) is 5.22. The highest BCUT2D eigenvalue weighted by molar-refractivity contribution is 5.47. The van der Waals surface area contributed by atoms with Gasteiger partial charge in [0.1, 0.15) is 18.0 Å². The Kier molecular flexibility index (Phi) is 3.99. The number of H-pyrrole nitrogens is 1. The van der Waals surface area contributed by atoms with Crippen LogP contribution in [0.2, 0.25) is 0 Å². The zero-order chi connectivity index (χ0) is 15.6. The van der Waals surface area contributed by atoms with Crippen molar-refractivity contribution in [3.63, 3.8) is 0 Å². The van der Waals surface area contributed by atoms with Crippen LogP contribution < -0.4 is 4.90 Å². The number of halogens is 1. The largest absolute Gasteiger partial charge is 0.370 e. The van der Waals surface area contributed by atoms with Crippen LogP contribution in [0.15, 0.2) is 30.6 Å². The van der Waals surface area contributed by atoms with Gasteiger partial charge in [0.2, 0.25) is 0 Å². The molecule has 4 rings (SSSR count). The number of aromatic amines is 1. The second-order valence-corrected chi connectivity index (χ2v) is 6.55. The lowest BCUT2D eigenvalue weighted by Gasteiger charge is -2.35. The number of likely N-dealkylation sites (tertiary alicyclic amines) is 1. The van der Waals surface area contributed by atoms with Crippen LogP contribution in [0, 0.1) is 5.82 Å². The number of rotatable bonds is 3. The van der Waals surface area contributed by atoms with E-state index < -0.39 is 0 Å². The van der Waals surface area contributed by atoms with E-state index in [2.05, 4.69) is 25.0 Å². The van der Waals surface area contributed by atoms with Crippen molar-refractivity contribution in [2.75, 3.05) is 31.1 Å². The minimum absolute atomic E-state index is 0.168. The van der Waals surface area contributed by atoms with Crippen LogP contribution in [-0.4, -0.2) is 52.3 Å². The maximum Gasteiger partial charge on any atom is 0.137 e. The molecular formula is C17H22FN5. The van der Waals surface area contributed by atoms with E-state index in [9.17, 15) is 4.39 Å². The molecule has 0 spiro atoms. The summed E-state index contributed by atoms with van der Waals surface area (Å²) >= 11 is 0. The molecule has 0 bridgehead atoms. The van der Waals surface area contributed by atoms with Crippen molar-refractivity contribution in [2.45, 2.75) is 31.2 Å². The summed E-state index contributed by atoms with van der Waals surface area (Å²) < 4.78 is 13.1. The topological polar surface area (TPSA) is 48.1 Å². The number of anilines is 1. The first kappa shape index (κ1) is 14.6.